The molecule has 0 radical (unpaired) electrons. The zero-order valence-electron chi connectivity index (χ0n) is 9.88. The van der Waals surface area contributed by atoms with Crippen molar-refractivity contribution in [1.29, 1.82) is 0 Å². The number of hydrogen-bond donors (Lipinski definition) is 1. The van der Waals surface area contributed by atoms with Crippen LogP contribution in [0.4, 0.5) is 0 Å². The van der Waals surface area contributed by atoms with Gasteiger partial charge in [-0.1, -0.05) is 23.8 Å². The number of likely N-dealkylation sites (tertiary alicyclic amines) is 1. The Labute approximate surface area is 92.1 Å². The van der Waals surface area contributed by atoms with Gasteiger partial charge in [0.15, 0.2) is 0 Å². The van der Waals surface area contributed by atoms with Crippen LogP contribution in [-0.4, -0.2) is 31.6 Å². The van der Waals surface area contributed by atoms with Gasteiger partial charge in [-0.2, -0.15) is 0 Å². The molecule has 82 valence electrons. The van der Waals surface area contributed by atoms with Gasteiger partial charge in [0.25, 0.3) is 0 Å². The minimum absolute atomic E-state index is 0.215. The number of hydrogen-bond acceptors (Lipinski definition) is 2. The molecule has 1 aromatic carbocycles. The van der Waals surface area contributed by atoms with E-state index in [1.54, 1.807) is 0 Å². The molecule has 1 heterocycles. The van der Waals surface area contributed by atoms with Crippen molar-refractivity contribution in [2.45, 2.75) is 19.3 Å². The largest absolute Gasteiger partial charge is 0.329 e. The first-order valence-corrected chi connectivity index (χ1v) is 5.54. The van der Waals surface area contributed by atoms with Crippen LogP contribution >= 0.6 is 0 Å². The van der Waals surface area contributed by atoms with Crippen molar-refractivity contribution in [2.75, 3.05) is 26.7 Å². The third-order valence-corrected chi connectivity index (χ3v) is 3.49. The molecular formula is C13H20N2. The number of rotatable bonds is 2. The minimum atomic E-state index is 0.215. The Bertz CT molecular complexity index is 365. The Morgan fingerprint density at radius 3 is 2.47 bits per heavy atom. The van der Waals surface area contributed by atoms with Crippen molar-refractivity contribution in [3.05, 3.63) is 34.9 Å². The van der Waals surface area contributed by atoms with Gasteiger partial charge in [0.1, 0.15) is 0 Å². The second kappa shape index (κ2) is 3.62. The van der Waals surface area contributed by atoms with Crippen molar-refractivity contribution in [3.8, 4) is 0 Å². The number of nitrogens with zero attached hydrogens (tertiary/aromatic N) is 1. The van der Waals surface area contributed by atoms with Gasteiger partial charge in [0.05, 0.1) is 0 Å². The van der Waals surface area contributed by atoms with Crippen LogP contribution < -0.4 is 5.73 Å². The molecule has 1 aliphatic heterocycles. The summed E-state index contributed by atoms with van der Waals surface area (Å²) >= 11 is 0. The van der Waals surface area contributed by atoms with Crippen LogP contribution in [0, 0.1) is 13.8 Å². The number of benzene rings is 1. The Morgan fingerprint density at radius 1 is 1.33 bits per heavy atom. The predicted octanol–water partition coefficient (Wildman–Crippen LogP) is 1.45. The van der Waals surface area contributed by atoms with Gasteiger partial charge in [0.2, 0.25) is 0 Å². The lowest BCUT2D eigenvalue weighted by atomic mass is 9.72. The molecule has 1 saturated heterocycles. The van der Waals surface area contributed by atoms with E-state index >= 15 is 0 Å². The van der Waals surface area contributed by atoms with E-state index in [-0.39, 0.29) is 5.41 Å². The highest BCUT2D eigenvalue weighted by molar-refractivity contribution is 5.39. The smallest absolute Gasteiger partial charge is 0.0332 e. The molecule has 2 rings (SSSR count). The second-order valence-corrected chi connectivity index (χ2v) is 4.98. The van der Waals surface area contributed by atoms with Gasteiger partial charge in [-0.25, -0.2) is 0 Å². The van der Waals surface area contributed by atoms with Crippen molar-refractivity contribution in [1.82, 2.24) is 4.90 Å². The molecule has 1 aliphatic rings. The van der Waals surface area contributed by atoms with E-state index < -0.39 is 0 Å². The topological polar surface area (TPSA) is 29.3 Å². The Kier molecular flexibility index (Phi) is 2.57. The molecule has 0 spiro atoms. The number of likely N-dealkylation sites (N-methyl/N-ethyl adjacent to an activating group) is 1. The Hall–Kier alpha value is -0.860. The monoisotopic (exact) mass is 204 g/mol. The molecule has 2 nitrogen and oxygen atoms in total. The zero-order valence-corrected chi connectivity index (χ0v) is 9.88. The minimum Gasteiger partial charge on any atom is -0.329 e. The number of aryl methyl sites for hydroxylation is 2. The molecule has 2 heteroatoms. The SMILES string of the molecule is Cc1ccc(C2(CN)CN(C)C2)c(C)c1. The predicted molar refractivity (Wildman–Crippen MR) is 64.1 cm³/mol. The maximum absolute atomic E-state index is 5.94. The lowest BCUT2D eigenvalue weighted by molar-refractivity contribution is 0.0995. The quantitative estimate of drug-likeness (QED) is 0.790. The van der Waals surface area contributed by atoms with Crippen molar-refractivity contribution >= 4 is 0 Å². The highest BCUT2D eigenvalue weighted by Crippen LogP contribution is 2.34. The van der Waals surface area contributed by atoms with E-state index in [4.69, 9.17) is 5.73 Å². The molecule has 0 bridgehead atoms. The fourth-order valence-electron chi connectivity index (χ4n) is 2.81. The summed E-state index contributed by atoms with van der Waals surface area (Å²) in [6, 6.07) is 6.70. The van der Waals surface area contributed by atoms with E-state index in [2.05, 4.69) is 44.0 Å². The first-order chi connectivity index (χ1) is 7.07. The summed E-state index contributed by atoms with van der Waals surface area (Å²) in [5.74, 6) is 0. The first kappa shape index (κ1) is 10.7. The maximum Gasteiger partial charge on any atom is 0.0332 e. The summed E-state index contributed by atoms with van der Waals surface area (Å²) in [5.41, 5.74) is 10.3. The molecule has 15 heavy (non-hydrogen) atoms. The molecule has 1 aromatic rings. The zero-order chi connectivity index (χ0) is 11.1. The highest BCUT2D eigenvalue weighted by atomic mass is 15.2. The van der Waals surface area contributed by atoms with Crippen molar-refractivity contribution in [2.24, 2.45) is 5.73 Å². The standard InChI is InChI=1S/C13H20N2/c1-10-4-5-12(11(2)6-10)13(7-14)8-15(3)9-13/h4-6H,7-9,14H2,1-3H3. The Balaban J connectivity index is 2.36. The van der Waals surface area contributed by atoms with Crippen molar-refractivity contribution in [3.63, 3.8) is 0 Å². The molecule has 0 atom stereocenters. The normalized spacial score (nSPS) is 20.0. The molecule has 2 N–H and O–H groups in total. The van der Waals surface area contributed by atoms with Crippen LogP contribution in [0.2, 0.25) is 0 Å². The van der Waals surface area contributed by atoms with Crippen LogP contribution in [0.3, 0.4) is 0 Å². The maximum atomic E-state index is 5.94. The van der Waals surface area contributed by atoms with Crippen LogP contribution in [0.1, 0.15) is 16.7 Å². The van der Waals surface area contributed by atoms with Crippen LogP contribution in [0.25, 0.3) is 0 Å². The van der Waals surface area contributed by atoms with Crippen molar-refractivity contribution < 1.29 is 0 Å². The average Bonchev–Trinajstić information content (AvgIpc) is 2.13. The van der Waals surface area contributed by atoms with E-state index in [0.717, 1.165) is 19.6 Å². The lowest BCUT2D eigenvalue weighted by Gasteiger charge is -2.49. The number of nitrogens with two attached hydrogens (primary N) is 1. The van der Waals surface area contributed by atoms with E-state index in [9.17, 15) is 0 Å². The summed E-state index contributed by atoms with van der Waals surface area (Å²) < 4.78 is 0. The summed E-state index contributed by atoms with van der Waals surface area (Å²) in [6.07, 6.45) is 0. The molecule has 0 saturated carbocycles. The van der Waals surface area contributed by atoms with E-state index in [0.29, 0.717) is 0 Å². The van der Waals surface area contributed by atoms with Gasteiger partial charge in [-0.15, -0.1) is 0 Å². The van der Waals surface area contributed by atoms with Crippen LogP contribution in [-0.2, 0) is 5.41 Å². The molecule has 0 aromatic heterocycles. The Morgan fingerprint density at radius 2 is 2.00 bits per heavy atom. The fraction of sp³-hybridized carbons (Fsp3) is 0.538. The highest BCUT2D eigenvalue weighted by Gasteiger charge is 2.42. The van der Waals surface area contributed by atoms with Gasteiger partial charge >= 0.3 is 0 Å². The second-order valence-electron chi connectivity index (χ2n) is 4.98. The summed E-state index contributed by atoms with van der Waals surface area (Å²) in [4.78, 5) is 2.33. The van der Waals surface area contributed by atoms with Crippen LogP contribution in [0.15, 0.2) is 18.2 Å². The molecule has 0 amide bonds. The molecule has 1 fully saturated rings. The lowest BCUT2D eigenvalue weighted by Crippen LogP contribution is -2.61. The van der Waals surface area contributed by atoms with E-state index in [1.807, 2.05) is 0 Å². The molecule has 0 aliphatic carbocycles. The summed E-state index contributed by atoms with van der Waals surface area (Å²) in [5, 5.41) is 0. The summed E-state index contributed by atoms with van der Waals surface area (Å²) in [6.45, 7) is 7.26. The third-order valence-electron chi connectivity index (χ3n) is 3.49. The molecular weight excluding hydrogens is 184 g/mol. The van der Waals surface area contributed by atoms with Gasteiger partial charge in [-0.3, -0.25) is 0 Å². The van der Waals surface area contributed by atoms with E-state index in [1.165, 1.54) is 16.7 Å². The average molecular weight is 204 g/mol. The van der Waals surface area contributed by atoms with Gasteiger partial charge in [0, 0.05) is 25.0 Å². The van der Waals surface area contributed by atoms with Gasteiger partial charge < -0.3 is 10.6 Å². The van der Waals surface area contributed by atoms with Crippen LogP contribution in [0.5, 0.6) is 0 Å². The van der Waals surface area contributed by atoms with Gasteiger partial charge in [-0.05, 0) is 32.0 Å². The summed E-state index contributed by atoms with van der Waals surface area (Å²) in [7, 11) is 2.15. The fourth-order valence-corrected chi connectivity index (χ4v) is 2.81. The molecule has 0 unspecified atom stereocenters. The first-order valence-electron chi connectivity index (χ1n) is 5.54. The third kappa shape index (κ3) is 1.68.